The molecule has 0 spiro atoms. The molecule has 4 rings (SSSR count). The summed E-state index contributed by atoms with van der Waals surface area (Å²) in [6, 6.07) is 14.1. The molecule has 3 aromatic rings. The van der Waals surface area contributed by atoms with Gasteiger partial charge in [-0.3, -0.25) is 0 Å². The Balaban J connectivity index is 1.61. The molecule has 0 aliphatic heterocycles. The van der Waals surface area contributed by atoms with Crippen LogP contribution in [0.4, 0.5) is 0 Å². The first-order valence-corrected chi connectivity index (χ1v) is 8.56. The van der Waals surface area contributed by atoms with Gasteiger partial charge >= 0.3 is 0 Å². The van der Waals surface area contributed by atoms with Gasteiger partial charge in [-0.2, -0.15) is 5.10 Å². The maximum absolute atomic E-state index is 6.10. The zero-order chi connectivity index (χ0) is 16.5. The lowest BCUT2D eigenvalue weighted by atomic mass is 10.0. The van der Waals surface area contributed by atoms with Crippen LogP contribution in [-0.4, -0.2) is 14.8 Å². The quantitative estimate of drug-likeness (QED) is 0.683. The molecule has 122 valence electrons. The minimum absolute atomic E-state index is 0.355. The Kier molecular flexibility index (Phi) is 3.94. The Morgan fingerprint density at radius 1 is 1.04 bits per heavy atom. The standard InChI is InChI=1S/C19H19N3OS/c1-13-10-11-17(16-9-5-8-15(13)16)23-12-18-20-21-19(24)22(18)14-6-3-2-4-7-14/h2-4,6-7,10-11H,5,8-9,12H2,1H3,(H,21,24)/p-1. The Labute approximate surface area is 146 Å². The number of nitrogens with zero attached hydrogens (tertiary/aromatic N) is 3. The molecule has 1 heterocycles. The third-order valence-electron chi connectivity index (χ3n) is 4.55. The van der Waals surface area contributed by atoms with E-state index in [1.165, 1.54) is 23.1 Å². The van der Waals surface area contributed by atoms with Crippen LogP contribution in [0.15, 0.2) is 47.6 Å². The van der Waals surface area contributed by atoms with E-state index >= 15 is 0 Å². The van der Waals surface area contributed by atoms with Gasteiger partial charge in [-0.15, -0.1) is 5.10 Å². The molecule has 24 heavy (non-hydrogen) atoms. The maximum Gasteiger partial charge on any atom is 0.174 e. The first kappa shape index (κ1) is 15.1. The van der Waals surface area contributed by atoms with Crippen molar-refractivity contribution in [1.29, 1.82) is 0 Å². The van der Waals surface area contributed by atoms with Gasteiger partial charge in [0, 0.05) is 10.8 Å². The second-order valence-electron chi connectivity index (χ2n) is 6.05. The predicted molar refractivity (Wildman–Crippen MR) is 94.5 cm³/mol. The van der Waals surface area contributed by atoms with Crippen LogP contribution in [0.2, 0.25) is 0 Å². The molecule has 1 aromatic heterocycles. The smallest absolute Gasteiger partial charge is 0.174 e. The van der Waals surface area contributed by atoms with Gasteiger partial charge in [-0.25, -0.2) is 0 Å². The second-order valence-corrected chi connectivity index (χ2v) is 6.41. The van der Waals surface area contributed by atoms with Gasteiger partial charge < -0.3 is 21.9 Å². The summed E-state index contributed by atoms with van der Waals surface area (Å²) in [6.45, 7) is 2.53. The molecule has 0 atom stereocenters. The summed E-state index contributed by atoms with van der Waals surface area (Å²) in [4.78, 5) is 0. The van der Waals surface area contributed by atoms with E-state index in [1.807, 2.05) is 34.9 Å². The minimum atomic E-state index is 0.355. The van der Waals surface area contributed by atoms with E-state index in [-0.39, 0.29) is 0 Å². The highest BCUT2D eigenvalue weighted by Gasteiger charge is 2.18. The fourth-order valence-corrected chi connectivity index (χ4v) is 3.61. The van der Waals surface area contributed by atoms with E-state index in [0.717, 1.165) is 30.1 Å². The monoisotopic (exact) mass is 336 g/mol. The second kappa shape index (κ2) is 6.24. The number of aromatic nitrogens is 3. The van der Waals surface area contributed by atoms with Crippen molar-refractivity contribution in [1.82, 2.24) is 14.8 Å². The highest BCUT2D eigenvalue weighted by atomic mass is 32.1. The molecule has 1 aliphatic carbocycles. The van der Waals surface area contributed by atoms with Gasteiger partial charge in [0.1, 0.15) is 12.4 Å². The lowest BCUT2D eigenvalue weighted by Crippen LogP contribution is -2.07. The number of ether oxygens (including phenoxy) is 1. The van der Waals surface area contributed by atoms with Crippen LogP contribution in [0.5, 0.6) is 5.75 Å². The summed E-state index contributed by atoms with van der Waals surface area (Å²) in [5.41, 5.74) is 5.11. The van der Waals surface area contributed by atoms with Crippen LogP contribution in [0.1, 0.15) is 28.9 Å². The van der Waals surface area contributed by atoms with Gasteiger partial charge in [0.25, 0.3) is 0 Å². The van der Waals surface area contributed by atoms with Gasteiger partial charge in [-0.1, -0.05) is 24.3 Å². The van der Waals surface area contributed by atoms with Crippen molar-refractivity contribution in [3.63, 3.8) is 0 Å². The summed E-state index contributed by atoms with van der Waals surface area (Å²) in [5, 5.41) is 8.69. The van der Waals surface area contributed by atoms with E-state index in [4.69, 9.17) is 17.4 Å². The van der Waals surface area contributed by atoms with E-state index in [1.54, 1.807) is 0 Å². The molecule has 4 nitrogen and oxygen atoms in total. The summed E-state index contributed by atoms with van der Waals surface area (Å²) < 4.78 is 7.96. The highest BCUT2D eigenvalue weighted by molar-refractivity contribution is 7.58. The van der Waals surface area contributed by atoms with Crippen LogP contribution >= 0.6 is 0 Å². The number of aryl methyl sites for hydroxylation is 1. The van der Waals surface area contributed by atoms with Gasteiger partial charge in [0.2, 0.25) is 0 Å². The van der Waals surface area contributed by atoms with Crippen LogP contribution in [0, 0.1) is 6.92 Å². The summed E-state index contributed by atoms with van der Waals surface area (Å²) in [6.07, 6.45) is 3.44. The van der Waals surface area contributed by atoms with Crippen LogP contribution < -0.4 is 4.74 Å². The predicted octanol–water partition coefficient (Wildman–Crippen LogP) is 3.55. The van der Waals surface area contributed by atoms with Crippen molar-refractivity contribution < 1.29 is 4.74 Å². The molecule has 0 bridgehead atoms. The Morgan fingerprint density at radius 3 is 2.67 bits per heavy atom. The van der Waals surface area contributed by atoms with Gasteiger partial charge in [-0.05, 0) is 61.1 Å². The number of rotatable bonds is 4. The fraction of sp³-hybridized carbons (Fsp3) is 0.263. The van der Waals surface area contributed by atoms with Crippen molar-refractivity contribution in [2.75, 3.05) is 0 Å². The summed E-state index contributed by atoms with van der Waals surface area (Å²) >= 11 is 5.32. The Hall–Kier alpha value is -2.40. The molecule has 2 aromatic carbocycles. The van der Waals surface area contributed by atoms with Gasteiger partial charge in [0.05, 0.1) is 0 Å². The lowest BCUT2D eigenvalue weighted by molar-refractivity contribution is 0.290. The first-order valence-electron chi connectivity index (χ1n) is 8.15. The number of hydrogen-bond acceptors (Lipinski definition) is 4. The van der Waals surface area contributed by atoms with Crippen molar-refractivity contribution >= 4 is 12.6 Å². The van der Waals surface area contributed by atoms with E-state index < -0.39 is 0 Å². The van der Waals surface area contributed by atoms with Crippen molar-refractivity contribution in [2.45, 2.75) is 37.9 Å². The zero-order valence-corrected chi connectivity index (χ0v) is 14.3. The maximum atomic E-state index is 6.10. The molecule has 1 aliphatic rings. The summed E-state index contributed by atoms with van der Waals surface area (Å²) in [7, 11) is 0. The Bertz CT molecular complexity index is 874. The average Bonchev–Trinajstić information content (AvgIpc) is 3.23. The van der Waals surface area contributed by atoms with Crippen LogP contribution in [-0.2, 0) is 32.1 Å². The van der Waals surface area contributed by atoms with Crippen LogP contribution in [0.25, 0.3) is 5.69 Å². The normalized spacial score (nSPS) is 13.0. The molecule has 0 unspecified atom stereocenters. The molecule has 0 radical (unpaired) electrons. The van der Waals surface area contributed by atoms with Crippen LogP contribution in [0.3, 0.4) is 0 Å². The average molecular weight is 336 g/mol. The summed E-state index contributed by atoms with van der Waals surface area (Å²) in [5.74, 6) is 1.68. The molecule has 0 N–H and O–H groups in total. The number of fused-ring (bicyclic) bond motifs is 1. The largest absolute Gasteiger partial charge is 0.740 e. The minimum Gasteiger partial charge on any atom is -0.740 e. The molecular weight excluding hydrogens is 318 g/mol. The SMILES string of the molecule is Cc1ccc(OCc2nnc([S-])n2-c2ccccc2)c2c1CCC2. The Morgan fingerprint density at radius 2 is 1.83 bits per heavy atom. The molecule has 0 saturated heterocycles. The fourth-order valence-electron chi connectivity index (χ4n) is 3.36. The third kappa shape index (κ3) is 2.65. The third-order valence-corrected chi connectivity index (χ3v) is 4.81. The molecule has 0 saturated carbocycles. The van der Waals surface area contributed by atoms with Gasteiger partial charge in [0.15, 0.2) is 5.82 Å². The van der Waals surface area contributed by atoms with Crippen molar-refractivity contribution in [3.05, 3.63) is 65.0 Å². The molecule has 5 heteroatoms. The topological polar surface area (TPSA) is 39.9 Å². The van der Waals surface area contributed by atoms with E-state index in [2.05, 4.69) is 29.3 Å². The lowest BCUT2D eigenvalue weighted by Gasteiger charge is -2.15. The van der Waals surface area contributed by atoms with E-state index in [0.29, 0.717) is 11.8 Å². The van der Waals surface area contributed by atoms with Crippen molar-refractivity contribution in [3.8, 4) is 11.4 Å². The number of benzene rings is 2. The molecular formula is C19H18N3OS-. The first-order chi connectivity index (χ1) is 11.7. The van der Waals surface area contributed by atoms with E-state index in [9.17, 15) is 0 Å². The molecule has 0 fully saturated rings. The van der Waals surface area contributed by atoms with Crippen molar-refractivity contribution in [2.24, 2.45) is 0 Å². The zero-order valence-electron chi connectivity index (χ0n) is 13.5. The molecule has 0 amide bonds. The number of hydrogen-bond donors (Lipinski definition) is 0. The highest BCUT2D eigenvalue weighted by Crippen LogP contribution is 2.33. The number of para-hydroxylation sites is 1.